The molecule has 0 amide bonds. The smallest absolute Gasteiger partial charge is 0.160 e. The van der Waals surface area contributed by atoms with Crippen molar-refractivity contribution in [2.45, 2.75) is 38.6 Å². The molecular formula is C25H33N5O2S. The van der Waals surface area contributed by atoms with Crippen LogP contribution >= 0.6 is 11.3 Å². The van der Waals surface area contributed by atoms with Gasteiger partial charge in [-0.1, -0.05) is 19.1 Å². The van der Waals surface area contributed by atoms with Gasteiger partial charge in [-0.15, -0.1) is 11.3 Å². The van der Waals surface area contributed by atoms with Crippen LogP contribution in [0.4, 0.5) is 0 Å². The normalized spacial score (nSPS) is 15.8. The van der Waals surface area contributed by atoms with E-state index in [4.69, 9.17) is 21.3 Å². The minimum absolute atomic E-state index is 0.0844. The van der Waals surface area contributed by atoms with Gasteiger partial charge in [0.05, 0.1) is 17.3 Å². The Hall–Kier alpha value is -2.81. The largest absolute Gasteiger partial charge is 0.504 e. The molecular weight excluding hydrogens is 434 g/mol. The maximum atomic E-state index is 10.1. The average molecular weight is 468 g/mol. The molecule has 0 aliphatic carbocycles. The Morgan fingerprint density at radius 2 is 2.06 bits per heavy atom. The summed E-state index contributed by atoms with van der Waals surface area (Å²) in [5.74, 6) is 7.08. The monoisotopic (exact) mass is 467 g/mol. The van der Waals surface area contributed by atoms with Crippen molar-refractivity contribution in [2.24, 2.45) is 11.6 Å². The Morgan fingerprint density at radius 1 is 1.27 bits per heavy atom. The minimum Gasteiger partial charge on any atom is -0.504 e. The Bertz CT molecular complexity index is 1120. The number of hydrogen-bond donors (Lipinski definition) is 3. The van der Waals surface area contributed by atoms with Crippen LogP contribution in [0.15, 0.2) is 48.3 Å². The number of hydrogen-bond acceptors (Lipinski definition) is 8. The number of rotatable bonds is 9. The van der Waals surface area contributed by atoms with E-state index in [9.17, 15) is 5.11 Å². The van der Waals surface area contributed by atoms with Gasteiger partial charge in [0.25, 0.3) is 0 Å². The topological polar surface area (TPSA) is 101 Å². The molecule has 0 bridgehead atoms. The standard InChI is InChI=1S/C25H33N5O2S/c1-3-17-6-8-20-23(14-17)33-25(28-20)24(18-7-9-21(31)22(15-18)32-2)30(27)16-19(26)10-13-29-11-4-5-12-29/h6-9,14-16,24,31H,3-5,10-13,26-27H2,1-2H3/b19-16-. The lowest BCUT2D eigenvalue weighted by molar-refractivity contribution is 0.316. The van der Waals surface area contributed by atoms with Crippen molar-refractivity contribution in [1.82, 2.24) is 14.9 Å². The molecule has 2 heterocycles. The molecule has 8 heteroatoms. The van der Waals surface area contributed by atoms with Crippen LogP contribution < -0.4 is 16.3 Å². The van der Waals surface area contributed by atoms with Gasteiger partial charge < -0.3 is 25.5 Å². The Morgan fingerprint density at radius 3 is 2.79 bits per heavy atom. The summed E-state index contributed by atoms with van der Waals surface area (Å²) in [5, 5.41) is 12.6. The van der Waals surface area contributed by atoms with Crippen molar-refractivity contribution in [3.8, 4) is 11.5 Å². The molecule has 5 N–H and O–H groups in total. The third-order valence-corrected chi connectivity index (χ3v) is 7.23. The number of fused-ring (bicyclic) bond motifs is 1. The molecule has 0 saturated carbocycles. The highest BCUT2D eigenvalue weighted by atomic mass is 32.1. The van der Waals surface area contributed by atoms with Crippen molar-refractivity contribution in [3.05, 3.63) is 64.4 Å². The van der Waals surface area contributed by atoms with Crippen LogP contribution in [0.1, 0.15) is 48.4 Å². The maximum absolute atomic E-state index is 10.1. The quantitative estimate of drug-likeness (QED) is 0.321. The highest BCUT2D eigenvalue weighted by Gasteiger charge is 2.24. The molecule has 1 aliphatic rings. The van der Waals surface area contributed by atoms with Crippen LogP contribution in [0.5, 0.6) is 11.5 Å². The molecule has 1 unspecified atom stereocenters. The summed E-state index contributed by atoms with van der Waals surface area (Å²) in [7, 11) is 1.54. The zero-order valence-electron chi connectivity index (χ0n) is 19.3. The third-order valence-electron chi connectivity index (χ3n) is 6.16. The van der Waals surface area contributed by atoms with Gasteiger partial charge in [-0.2, -0.15) is 0 Å². The number of likely N-dealkylation sites (tertiary alicyclic amines) is 1. The molecule has 0 radical (unpaired) electrons. The molecule has 1 saturated heterocycles. The molecule has 1 aromatic heterocycles. The van der Waals surface area contributed by atoms with E-state index < -0.39 is 0 Å². The zero-order valence-corrected chi connectivity index (χ0v) is 20.1. The van der Waals surface area contributed by atoms with Gasteiger partial charge in [0.2, 0.25) is 0 Å². The van der Waals surface area contributed by atoms with E-state index in [1.165, 1.54) is 25.5 Å². The van der Waals surface area contributed by atoms with Gasteiger partial charge in [-0.3, -0.25) is 0 Å². The number of nitrogens with two attached hydrogens (primary N) is 2. The number of hydrazine groups is 1. The molecule has 33 heavy (non-hydrogen) atoms. The van der Waals surface area contributed by atoms with Crippen LogP contribution in [-0.2, 0) is 6.42 Å². The maximum Gasteiger partial charge on any atom is 0.160 e. The summed E-state index contributed by atoms with van der Waals surface area (Å²) in [4.78, 5) is 7.33. The summed E-state index contributed by atoms with van der Waals surface area (Å²) < 4.78 is 6.47. The zero-order chi connectivity index (χ0) is 23.4. The average Bonchev–Trinajstić information content (AvgIpc) is 3.48. The van der Waals surface area contributed by atoms with Crippen LogP contribution in [0.2, 0.25) is 0 Å². The van der Waals surface area contributed by atoms with Crippen molar-refractivity contribution in [3.63, 3.8) is 0 Å². The molecule has 0 spiro atoms. The van der Waals surface area contributed by atoms with E-state index >= 15 is 0 Å². The summed E-state index contributed by atoms with van der Waals surface area (Å²) >= 11 is 1.62. The highest BCUT2D eigenvalue weighted by molar-refractivity contribution is 7.18. The van der Waals surface area contributed by atoms with E-state index in [0.717, 1.165) is 59.0 Å². The van der Waals surface area contributed by atoms with Crippen LogP contribution in [0.3, 0.4) is 0 Å². The van der Waals surface area contributed by atoms with Gasteiger partial charge in [-0.25, -0.2) is 10.8 Å². The lowest BCUT2D eigenvalue weighted by atomic mass is 10.1. The van der Waals surface area contributed by atoms with Crippen molar-refractivity contribution < 1.29 is 9.84 Å². The summed E-state index contributed by atoms with van der Waals surface area (Å²) in [6, 6.07) is 11.3. The molecule has 1 aliphatic heterocycles. The second-order valence-corrected chi connectivity index (χ2v) is 9.55. The Labute approximate surface area is 199 Å². The SMILES string of the molecule is CCc1ccc2nc(C(c3ccc(O)c(OC)c3)N(N)/C=C(\N)CCN3CCCC3)sc2c1. The van der Waals surface area contributed by atoms with Gasteiger partial charge in [0.15, 0.2) is 11.5 Å². The predicted octanol–water partition coefficient (Wildman–Crippen LogP) is 4.12. The minimum atomic E-state index is -0.368. The lowest BCUT2D eigenvalue weighted by Gasteiger charge is -2.26. The third kappa shape index (κ3) is 5.40. The van der Waals surface area contributed by atoms with E-state index in [0.29, 0.717) is 5.75 Å². The molecule has 4 rings (SSSR count). The van der Waals surface area contributed by atoms with Crippen LogP contribution in [0, 0.1) is 0 Å². The number of phenols is 1. The molecule has 176 valence electrons. The van der Waals surface area contributed by atoms with E-state index in [1.54, 1.807) is 28.5 Å². The fourth-order valence-corrected chi connectivity index (χ4v) is 5.42. The number of phenolic OH excluding ortho intramolecular Hbond substituents is 1. The number of aromatic hydroxyl groups is 1. The molecule has 1 fully saturated rings. The van der Waals surface area contributed by atoms with Crippen LogP contribution in [0.25, 0.3) is 10.2 Å². The summed E-state index contributed by atoms with van der Waals surface area (Å²) in [6.45, 7) is 5.36. The Kier molecular flexibility index (Phi) is 7.37. The number of aromatic nitrogens is 1. The van der Waals surface area contributed by atoms with Crippen molar-refractivity contribution in [1.29, 1.82) is 0 Å². The van der Waals surface area contributed by atoms with Gasteiger partial charge in [-0.05, 0) is 67.7 Å². The number of methoxy groups -OCH3 is 1. The second kappa shape index (κ2) is 10.4. The Balaban J connectivity index is 1.67. The van der Waals surface area contributed by atoms with Crippen molar-refractivity contribution in [2.75, 3.05) is 26.7 Å². The number of nitrogens with zero attached hydrogens (tertiary/aromatic N) is 3. The predicted molar refractivity (Wildman–Crippen MR) is 134 cm³/mol. The molecule has 7 nitrogen and oxygen atoms in total. The van der Waals surface area contributed by atoms with Crippen molar-refractivity contribution >= 4 is 21.6 Å². The first-order valence-electron chi connectivity index (χ1n) is 11.5. The molecule has 2 aromatic carbocycles. The van der Waals surface area contributed by atoms with Crippen LogP contribution in [-0.4, -0.2) is 46.7 Å². The van der Waals surface area contributed by atoms with E-state index in [-0.39, 0.29) is 11.8 Å². The van der Waals surface area contributed by atoms with E-state index in [2.05, 4.69) is 30.0 Å². The first kappa shape index (κ1) is 23.4. The number of benzene rings is 2. The van der Waals surface area contributed by atoms with E-state index in [1.807, 2.05) is 12.3 Å². The fraction of sp³-hybridized carbons (Fsp3) is 0.400. The first-order chi connectivity index (χ1) is 16.0. The molecule has 1 atom stereocenters. The first-order valence-corrected chi connectivity index (χ1v) is 12.3. The molecule has 3 aromatic rings. The van der Waals surface area contributed by atoms with Gasteiger partial charge in [0.1, 0.15) is 11.0 Å². The number of aryl methyl sites for hydroxylation is 1. The second-order valence-electron chi connectivity index (χ2n) is 8.49. The van der Waals surface area contributed by atoms with Gasteiger partial charge in [0, 0.05) is 24.9 Å². The number of thiazole rings is 1. The van der Waals surface area contributed by atoms with Gasteiger partial charge >= 0.3 is 0 Å². The summed E-state index contributed by atoms with van der Waals surface area (Å²) in [5.41, 5.74) is 10.2. The number of ether oxygens (including phenoxy) is 1. The highest BCUT2D eigenvalue weighted by Crippen LogP contribution is 2.37. The lowest BCUT2D eigenvalue weighted by Crippen LogP contribution is -2.32. The fourth-order valence-electron chi connectivity index (χ4n) is 4.25. The summed E-state index contributed by atoms with van der Waals surface area (Å²) in [6.07, 6.45) is 6.06.